The number of aliphatic hydroxyl groups excluding tert-OH is 1. The lowest BCUT2D eigenvalue weighted by atomic mass is 9.88. The molecular formula is C13H15BrF3NO. The fraction of sp³-hybridized carbons (Fsp3) is 0.538. The monoisotopic (exact) mass is 337 g/mol. The molecule has 0 amide bonds. The van der Waals surface area contributed by atoms with Crippen LogP contribution in [0.15, 0.2) is 22.7 Å². The van der Waals surface area contributed by atoms with Crippen molar-refractivity contribution in [3.63, 3.8) is 0 Å². The second-order valence-electron chi connectivity index (χ2n) is 4.82. The third kappa shape index (κ3) is 3.94. The highest BCUT2D eigenvalue weighted by Gasteiger charge is 2.38. The van der Waals surface area contributed by atoms with Gasteiger partial charge < -0.3 is 10.4 Å². The van der Waals surface area contributed by atoms with Gasteiger partial charge in [0.15, 0.2) is 6.10 Å². The van der Waals surface area contributed by atoms with Gasteiger partial charge in [0, 0.05) is 17.1 Å². The Labute approximate surface area is 118 Å². The first kappa shape index (κ1) is 14.8. The average Bonchev–Trinajstić information content (AvgIpc) is 2.34. The molecule has 0 spiro atoms. The first-order valence-corrected chi connectivity index (χ1v) is 6.91. The van der Waals surface area contributed by atoms with Crippen LogP contribution in [0.4, 0.5) is 13.2 Å². The molecule has 0 heterocycles. The molecule has 1 aliphatic carbocycles. The zero-order valence-corrected chi connectivity index (χ0v) is 11.8. The van der Waals surface area contributed by atoms with E-state index in [2.05, 4.69) is 27.3 Å². The summed E-state index contributed by atoms with van der Waals surface area (Å²) >= 11 is 3.40. The lowest BCUT2D eigenvalue weighted by Gasteiger charge is -2.27. The molecule has 106 valence electrons. The lowest BCUT2D eigenvalue weighted by Crippen LogP contribution is -2.44. The third-order valence-corrected chi connectivity index (χ3v) is 3.87. The summed E-state index contributed by atoms with van der Waals surface area (Å²) in [5.74, 6) is 0. The van der Waals surface area contributed by atoms with Gasteiger partial charge in [0.05, 0.1) is 0 Å². The summed E-state index contributed by atoms with van der Waals surface area (Å²) in [7, 11) is 0. The Kier molecular flexibility index (Phi) is 4.53. The van der Waals surface area contributed by atoms with Crippen molar-refractivity contribution in [2.24, 2.45) is 0 Å². The Bertz CT molecular complexity index is 450. The molecule has 6 heteroatoms. The van der Waals surface area contributed by atoms with E-state index in [0.717, 1.165) is 22.9 Å². The lowest BCUT2D eigenvalue weighted by molar-refractivity contribution is -0.202. The number of alkyl halides is 3. The highest BCUT2D eigenvalue weighted by molar-refractivity contribution is 9.10. The number of rotatable bonds is 3. The molecule has 2 unspecified atom stereocenters. The minimum absolute atomic E-state index is 0.00863. The SMILES string of the molecule is OC(CNC1CCc2cc(Br)ccc2C1)C(F)(F)F. The molecule has 2 N–H and O–H groups in total. The second kappa shape index (κ2) is 5.81. The van der Waals surface area contributed by atoms with Crippen LogP contribution in [-0.2, 0) is 12.8 Å². The van der Waals surface area contributed by atoms with Crippen LogP contribution in [0.1, 0.15) is 17.5 Å². The van der Waals surface area contributed by atoms with Gasteiger partial charge in [-0.2, -0.15) is 13.2 Å². The standard InChI is InChI=1S/C13H15BrF3NO/c14-10-3-1-9-6-11(4-2-8(9)5-10)18-7-12(19)13(15,16)17/h1,3,5,11-12,18-19H,2,4,6-7H2. The summed E-state index contributed by atoms with van der Waals surface area (Å²) < 4.78 is 37.6. The average molecular weight is 338 g/mol. The van der Waals surface area contributed by atoms with Crippen molar-refractivity contribution in [1.82, 2.24) is 5.32 Å². The Morgan fingerprint density at radius 3 is 2.79 bits per heavy atom. The van der Waals surface area contributed by atoms with Gasteiger partial charge in [0.1, 0.15) is 0 Å². The molecule has 0 radical (unpaired) electrons. The number of hydrogen-bond acceptors (Lipinski definition) is 2. The molecule has 1 aromatic rings. The molecule has 2 rings (SSSR count). The van der Waals surface area contributed by atoms with Gasteiger partial charge in [-0.05, 0) is 42.5 Å². The summed E-state index contributed by atoms with van der Waals surface area (Å²) in [6.45, 7) is -0.444. The first-order valence-electron chi connectivity index (χ1n) is 6.11. The van der Waals surface area contributed by atoms with Gasteiger partial charge in [-0.25, -0.2) is 0 Å². The Morgan fingerprint density at radius 1 is 1.37 bits per heavy atom. The van der Waals surface area contributed by atoms with Crippen LogP contribution < -0.4 is 5.32 Å². The number of nitrogens with one attached hydrogen (secondary N) is 1. The van der Waals surface area contributed by atoms with E-state index in [1.54, 1.807) is 0 Å². The van der Waals surface area contributed by atoms with Crippen LogP contribution in [0.2, 0.25) is 0 Å². The van der Waals surface area contributed by atoms with Crippen molar-refractivity contribution in [3.05, 3.63) is 33.8 Å². The molecule has 1 aliphatic rings. The van der Waals surface area contributed by atoms with E-state index in [0.29, 0.717) is 6.42 Å². The maximum atomic E-state index is 12.2. The normalized spacial score (nSPS) is 21.0. The van der Waals surface area contributed by atoms with Crippen molar-refractivity contribution in [2.45, 2.75) is 37.6 Å². The van der Waals surface area contributed by atoms with Crippen molar-refractivity contribution >= 4 is 15.9 Å². The maximum Gasteiger partial charge on any atom is 0.415 e. The zero-order chi connectivity index (χ0) is 14.0. The van der Waals surface area contributed by atoms with Crippen molar-refractivity contribution in [2.75, 3.05) is 6.54 Å². The zero-order valence-electron chi connectivity index (χ0n) is 10.2. The van der Waals surface area contributed by atoms with E-state index in [9.17, 15) is 13.2 Å². The molecule has 1 aromatic carbocycles. The number of fused-ring (bicyclic) bond motifs is 1. The molecule has 19 heavy (non-hydrogen) atoms. The summed E-state index contributed by atoms with van der Waals surface area (Å²) in [5.41, 5.74) is 2.40. The smallest absolute Gasteiger partial charge is 0.382 e. The molecule has 0 aromatic heterocycles. The predicted molar refractivity (Wildman–Crippen MR) is 70.0 cm³/mol. The van der Waals surface area contributed by atoms with Crippen molar-refractivity contribution in [3.8, 4) is 0 Å². The summed E-state index contributed by atoms with van der Waals surface area (Å²) in [4.78, 5) is 0. The van der Waals surface area contributed by atoms with E-state index in [1.165, 1.54) is 5.56 Å². The quantitative estimate of drug-likeness (QED) is 0.888. The van der Waals surface area contributed by atoms with Crippen molar-refractivity contribution < 1.29 is 18.3 Å². The van der Waals surface area contributed by atoms with Crippen LogP contribution >= 0.6 is 15.9 Å². The van der Waals surface area contributed by atoms with Crippen LogP contribution in [-0.4, -0.2) is 30.0 Å². The molecule has 0 aliphatic heterocycles. The number of halogens is 4. The number of benzene rings is 1. The fourth-order valence-corrected chi connectivity index (χ4v) is 2.70. The van der Waals surface area contributed by atoms with E-state index in [4.69, 9.17) is 5.11 Å². The van der Waals surface area contributed by atoms with Crippen molar-refractivity contribution in [1.29, 1.82) is 0 Å². The van der Waals surface area contributed by atoms with E-state index >= 15 is 0 Å². The number of aliphatic hydroxyl groups is 1. The molecule has 0 fully saturated rings. The molecule has 0 saturated carbocycles. The maximum absolute atomic E-state index is 12.2. The number of aryl methyl sites for hydroxylation is 1. The minimum atomic E-state index is -4.55. The number of hydrogen-bond donors (Lipinski definition) is 2. The van der Waals surface area contributed by atoms with Gasteiger partial charge in [0.2, 0.25) is 0 Å². The van der Waals surface area contributed by atoms with Crippen LogP contribution in [0, 0.1) is 0 Å². The van der Waals surface area contributed by atoms with E-state index < -0.39 is 18.8 Å². The fourth-order valence-electron chi connectivity index (χ4n) is 2.29. The molecule has 0 bridgehead atoms. The topological polar surface area (TPSA) is 32.3 Å². The Balaban J connectivity index is 1.90. The minimum Gasteiger partial charge on any atom is -0.382 e. The molecule has 2 nitrogen and oxygen atoms in total. The predicted octanol–water partition coefficient (Wildman–Crippen LogP) is 2.82. The highest BCUT2D eigenvalue weighted by atomic mass is 79.9. The van der Waals surface area contributed by atoms with Gasteiger partial charge in [-0.1, -0.05) is 22.0 Å². The molecule has 2 atom stereocenters. The van der Waals surface area contributed by atoms with Crippen LogP contribution in [0.25, 0.3) is 0 Å². The second-order valence-corrected chi connectivity index (χ2v) is 5.73. The largest absolute Gasteiger partial charge is 0.415 e. The Hall–Kier alpha value is -0.590. The molecular weight excluding hydrogens is 323 g/mol. The Morgan fingerprint density at radius 2 is 2.11 bits per heavy atom. The van der Waals surface area contributed by atoms with Gasteiger partial charge >= 0.3 is 6.18 Å². The highest BCUT2D eigenvalue weighted by Crippen LogP contribution is 2.25. The van der Waals surface area contributed by atoms with Gasteiger partial charge in [-0.15, -0.1) is 0 Å². The summed E-state index contributed by atoms with van der Waals surface area (Å²) in [5, 5.41) is 11.8. The van der Waals surface area contributed by atoms with E-state index in [-0.39, 0.29) is 6.04 Å². The van der Waals surface area contributed by atoms with Gasteiger partial charge in [-0.3, -0.25) is 0 Å². The third-order valence-electron chi connectivity index (χ3n) is 3.37. The van der Waals surface area contributed by atoms with Gasteiger partial charge in [0.25, 0.3) is 0 Å². The molecule has 0 saturated heterocycles. The van der Waals surface area contributed by atoms with E-state index in [1.807, 2.05) is 12.1 Å². The van der Waals surface area contributed by atoms with Crippen LogP contribution in [0.3, 0.4) is 0 Å². The summed E-state index contributed by atoms with van der Waals surface area (Å²) in [6, 6.07) is 5.97. The first-order chi connectivity index (χ1) is 8.86. The van der Waals surface area contributed by atoms with Crippen LogP contribution in [0.5, 0.6) is 0 Å². The summed E-state index contributed by atoms with van der Waals surface area (Å²) in [6.07, 6.45) is -4.51.